The molecule has 1 saturated heterocycles. The summed E-state index contributed by atoms with van der Waals surface area (Å²) in [5.41, 5.74) is 0. The number of morpholine rings is 1. The van der Waals surface area contributed by atoms with Crippen LogP contribution in [-0.4, -0.2) is 48.7 Å². The Labute approximate surface area is 123 Å². The Hall–Kier alpha value is -1.86. The van der Waals surface area contributed by atoms with E-state index in [9.17, 15) is 9.59 Å². The number of hydrogen-bond donors (Lipinski definition) is 2. The summed E-state index contributed by atoms with van der Waals surface area (Å²) in [7, 11) is 0. The Bertz CT molecular complexity index is 465. The number of imide groups is 1. The predicted octanol–water partition coefficient (Wildman–Crippen LogP) is 0.715. The molecule has 0 aromatic carbocycles. The highest BCUT2D eigenvalue weighted by molar-refractivity contribution is 5.95. The summed E-state index contributed by atoms with van der Waals surface area (Å²) >= 11 is 0. The second kappa shape index (κ2) is 7.24. The SMILES string of the molecule is C[C@H]1CN(CC(=O)NC(=O)NCc2ccco2)C[C@H](C)O1. The molecule has 0 spiro atoms. The fraction of sp³-hybridized carbons (Fsp3) is 0.571. The van der Waals surface area contributed by atoms with Gasteiger partial charge < -0.3 is 14.5 Å². The van der Waals surface area contributed by atoms with Crippen molar-refractivity contribution < 1.29 is 18.7 Å². The molecule has 2 N–H and O–H groups in total. The minimum Gasteiger partial charge on any atom is -0.467 e. The lowest BCUT2D eigenvalue weighted by molar-refractivity contribution is -0.124. The number of urea groups is 1. The minimum atomic E-state index is -0.522. The summed E-state index contributed by atoms with van der Waals surface area (Å²) in [4.78, 5) is 25.4. The summed E-state index contributed by atoms with van der Waals surface area (Å²) in [6.07, 6.45) is 1.71. The van der Waals surface area contributed by atoms with Crippen LogP contribution in [0.4, 0.5) is 4.79 Å². The first-order valence-corrected chi connectivity index (χ1v) is 7.01. The van der Waals surface area contributed by atoms with Gasteiger partial charge in [0.2, 0.25) is 5.91 Å². The zero-order valence-electron chi connectivity index (χ0n) is 12.3. The van der Waals surface area contributed by atoms with Crippen LogP contribution in [0.5, 0.6) is 0 Å². The number of carbonyl (C=O) groups is 2. The third kappa shape index (κ3) is 5.20. The molecular formula is C14H21N3O4. The van der Waals surface area contributed by atoms with E-state index in [1.165, 1.54) is 6.26 Å². The number of nitrogens with one attached hydrogen (secondary N) is 2. The van der Waals surface area contributed by atoms with Gasteiger partial charge in [0.25, 0.3) is 0 Å². The first-order valence-electron chi connectivity index (χ1n) is 7.01. The van der Waals surface area contributed by atoms with Crippen LogP contribution in [0.1, 0.15) is 19.6 Å². The highest BCUT2D eigenvalue weighted by Crippen LogP contribution is 2.09. The normalized spacial score (nSPS) is 22.8. The van der Waals surface area contributed by atoms with Gasteiger partial charge in [-0.05, 0) is 26.0 Å². The van der Waals surface area contributed by atoms with Gasteiger partial charge in [0.15, 0.2) is 0 Å². The lowest BCUT2D eigenvalue weighted by atomic mass is 10.2. The van der Waals surface area contributed by atoms with Crippen molar-refractivity contribution in [3.05, 3.63) is 24.2 Å². The Kier molecular flexibility index (Phi) is 5.35. The second-order valence-electron chi connectivity index (χ2n) is 5.26. The third-order valence-corrected chi connectivity index (χ3v) is 3.12. The Morgan fingerprint density at radius 1 is 1.33 bits per heavy atom. The molecule has 0 radical (unpaired) electrons. The fourth-order valence-corrected chi connectivity index (χ4v) is 2.41. The van der Waals surface area contributed by atoms with Crippen molar-refractivity contribution in [2.24, 2.45) is 0 Å². The number of ether oxygens (including phenoxy) is 1. The molecule has 1 fully saturated rings. The highest BCUT2D eigenvalue weighted by Gasteiger charge is 2.24. The van der Waals surface area contributed by atoms with Crippen molar-refractivity contribution in [2.75, 3.05) is 19.6 Å². The van der Waals surface area contributed by atoms with Crippen molar-refractivity contribution in [1.29, 1.82) is 0 Å². The standard InChI is InChI=1S/C14H21N3O4/c1-10-7-17(8-11(2)21-10)9-13(18)16-14(19)15-6-12-4-3-5-20-12/h3-5,10-11H,6-9H2,1-2H3,(H2,15,16,18,19)/t10-,11-/m0/s1. The van der Waals surface area contributed by atoms with Gasteiger partial charge in [-0.25, -0.2) is 4.79 Å². The van der Waals surface area contributed by atoms with E-state index < -0.39 is 6.03 Å². The molecule has 0 saturated carbocycles. The highest BCUT2D eigenvalue weighted by atomic mass is 16.5. The van der Waals surface area contributed by atoms with Gasteiger partial charge in [-0.2, -0.15) is 0 Å². The van der Waals surface area contributed by atoms with Gasteiger partial charge in [-0.3, -0.25) is 15.0 Å². The molecule has 7 heteroatoms. The van der Waals surface area contributed by atoms with Crippen molar-refractivity contribution in [3.8, 4) is 0 Å². The van der Waals surface area contributed by atoms with Crippen LogP contribution in [0, 0.1) is 0 Å². The molecule has 2 atom stereocenters. The van der Waals surface area contributed by atoms with Gasteiger partial charge in [0, 0.05) is 13.1 Å². The van der Waals surface area contributed by atoms with Crippen LogP contribution in [0.25, 0.3) is 0 Å². The summed E-state index contributed by atoms with van der Waals surface area (Å²) < 4.78 is 10.7. The van der Waals surface area contributed by atoms with E-state index in [1.807, 2.05) is 18.7 Å². The van der Waals surface area contributed by atoms with E-state index in [1.54, 1.807) is 12.1 Å². The molecule has 0 aliphatic carbocycles. The van der Waals surface area contributed by atoms with Gasteiger partial charge in [-0.15, -0.1) is 0 Å². The Morgan fingerprint density at radius 3 is 2.67 bits per heavy atom. The monoisotopic (exact) mass is 295 g/mol. The molecule has 1 aliphatic heterocycles. The summed E-state index contributed by atoms with van der Waals surface area (Å²) in [6.45, 7) is 5.74. The van der Waals surface area contributed by atoms with E-state index in [2.05, 4.69) is 10.6 Å². The van der Waals surface area contributed by atoms with E-state index in [0.717, 1.165) is 0 Å². The van der Waals surface area contributed by atoms with Crippen LogP contribution >= 0.6 is 0 Å². The first-order chi connectivity index (χ1) is 10.0. The van der Waals surface area contributed by atoms with Gasteiger partial charge in [0.05, 0.1) is 31.6 Å². The Morgan fingerprint density at radius 2 is 2.05 bits per heavy atom. The molecule has 0 bridgehead atoms. The number of furan rings is 1. The molecule has 7 nitrogen and oxygen atoms in total. The van der Waals surface area contributed by atoms with Crippen LogP contribution in [0.15, 0.2) is 22.8 Å². The van der Waals surface area contributed by atoms with Crippen LogP contribution in [-0.2, 0) is 16.1 Å². The van der Waals surface area contributed by atoms with E-state index in [4.69, 9.17) is 9.15 Å². The molecule has 116 valence electrons. The van der Waals surface area contributed by atoms with Crippen molar-refractivity contribution in [3.63, 3.8) is 0 Å². The molecule has 1 aromatic rings. The smallest absolute Gasteiger partial charge is 0.321 e. The van der Waals surface area contributed by atoms with Crippen LogP contribution < -0.4 is 10.6 Å². The maximum absolute atomic E-state index is 11.8. The quantitative estimate of drug-likeness (QED) is 0.855. The zero-order valence-corrected chi connectivity index (χ0v) is 12.3. The molecule has 2 rings (SSSR count). The minimum absolute atomic E-state index is 0.0920. The second-order valence-corrected chi connectivity index (χ2v) is 5.26. The zero-order chi connectivity index (χ0) is 15.2. The summed E-state index contributed by atoms with van der Waals surface area (Å²) in [5, 5.41) is 4.87. The fourth-order valence-electron chi connectivity index (χ4n) is 2.41. The van der Waals surface area contributed by atoms with Crippen molar-refractivity contribution >= 4 is 11.9 Å². The predicted molar refractivity (Wildman–Crippen MR) is 75.5 cm³/mol. The van der Waals surface area contributed by atoms with Gasteiger partial charge in [-0.1, -0.05) is 0 Å². The third-order valence-electron chi connectivity index (χ3n) is 3.12. The summed E-state index contributed by atoms with van der Waals surface area (Å²) in [5.74, 6) is 0.307. The van der Waals surface area contributed by atoms with Crippen LogP contribution in [0.3, 0.4) is 0 Å². The lowest BCUT2D eigenvalue weighted by Crippen LogP contribution is -2.50. The topological polar surface area (TPSA) is 83.8 Å². The first kappa shape index (κ1) is 15.5. The number of carbonyl (C=O) groups excluding carboxylic acids is 2. The summed E-state index contributed by atoms with van der Waals surface area (Å²) in [6, 6.07) is 2.96. The van der Waals surface area contributed by atoms with Crippen LogP contribution in [0.2, 0.25) is 0 Å². The van der Waals surface area contributed by atoms with E-state index in [-0.39, 0.29) is 31.2 Å². The maximum atomic E-state index is 11.8. The molecule has 2 heterocycles. The average molecular weight is 295 g/mol. The maximum Gasteiger partial charge on any atom is 0.321 e. The van der Waals surface area contributed by atoms with E-state index in [0.29, 0.717) is 18.8 Å². The average Bonchev–Trinajstić information content (AvgIpc) is 2.87. The number of nitrogens with zero attached hydrogens (tertiary/aromatic N) is 1. The molecule has 21 heavy (non-hydrogen) atoms. The molecule has 1 aliphatic rings. The molecule has 0 unspecified atom stereocenters. The molecule has 1 aromatic heterocycles. The Balaban J connectivity index is 1.69. The van der Waals surface area contributed by atoms with Crippen molar-refractivity contribution in [1.82, 2.24) is 15.5 Å². The van der Waals surface area contributed by atoms with Gasteiger partial charge >= 0.3 is 6.03 Å². The van der Waals surface area contributed by atoms with Crippen molar-refractivity contribution in [2.45, 2.75) is 32.6 Å². The largest absolute Gasteiger partial charge is 0.467 e. The van der Waals surface area contributed by atoms with E-state index >= 15 is 0 Å². The lowest BCUT2D eigenvalue weighted by Gasteiger charge is -2.34. The number of rotatable bonds is 4. The molecular weight excluding hydrogens is 274 g/mol. The molecule has 3 amide bonds. The number of hydrogen-bond acceptors (Lipinski definition) is 5. The number of amides is 3. The van der Waals surface area contributed by atoms with Gasteiger partial charge in [0.1, 0.15) is 5.76 Å².